The number of sulfone groups is 1. The fourth-order valence-corrected chi connectivity index (χ4v) is 2.75. The quantitative estimate of drug-likeness (QED) is 0.769. The Labute approximate surface area is 99.3 Å². The normalized spacial score (nSPS) is 24.2. The van der Waals surface area contributed by atoms with Crippen molar-refractivity contribution in [2.45, 2.75) is 32.2 Å². The average molecular weight is 248 g/mol. The van der Waals surface area contributed by atoms with Crippen molar-refractivity contribution in [2.24, 2.45) is 0 Å². The third kappa shape index (κ3) is 5.82. The predicted octanol–water partition coefficient (Wildman–Crippen LogP) is 0.495. The fourth-order valence-electron chi connectivity index (χ4n) is 2.10. The Balaban J connectivity index is 2.22. The van der Waals surface area contributed by atoms with Crippen molar-refractivity contribution in [2.75, 3.05) is 38.2 Å². The minimum absolute atomic E-state index is 0.314. The van der Waals surface area contributed by atoms with Crippen LogP contribution in [0.5, 0.6) is 0 Å². The van der Waals surface area contributed by atoms with Crippen LogP contribution in [0.1, 0.15) is 26.2 Å². The maximum Gasteiger partial charge on any atom is 0.147 e. The van der Waals surface area contributed by atoms with E-state index in [1.807, 2.05) is 0 Å². The molecule has 1 saturated heterocycles. The first-order chi connectivity index (χ1) is 7.51. The molecule has 1 unspecified atom stereocenters. The smallest absolute Gasteiger partial charge is 0.147 e. The van der Waals surface area contributed by atoms with E-state index in [0.717, 1.165) is 32.6 Å². The van der Waals surface area contributed by atoms with Gasteiger partial charge in [-0.2, -0.15) is 0 Å². The Morgan fingerprint density at radius 1 is 1.38 bits per heavy atom. The van der Waals surface area contributed by atoms with Crippen LogP contribution < -0.4 is 5.32 Å². The van der Waals surface area contributed by atoms with Gasteiger partial charge in [0.15, 0.2) is 0 Å². The van der Waals surface area contributed by atoms with Gasteiger partial charge in [-0.05, 0) is 32.4 Å². The van der Waals surface area contributed by atoms with E-state index in [2.05, 4.69) is 17.1 Å². The van der Waals surface area contributed by atoms with Crippen molar-refractivity contribution >= 4 is 9.84 Å². The molecular formula is C11H24N2O2S. The second-order valence-electron chi connectivity index (χ2n) is 4.67. The Kier molecular flexibility index (Phi) is 5.72. The Hall–Kier alpha value is -0.130. The first-order valence-electron chi connectivity index (χ1n) is 6.14. The maximum atomic E-state index is 11.0. The van der Waals surface area contributed by atoms with Crippen LogP contribution in [0, 0.1) is 0 Å². The summed E-state index contributed by atoms with van der Waals surface area (Å²) in [6, 6.07) is 0.639. The summed E-state index contributed by atoms with van der Waals surface area (Å²) in [5, 5.41) is 3.51. The summed E-state index contributed by atoms with van der Waals surface area (Å²) in [7, 11) is -2.79. The molecule has 1 rings (SSSR count). The molecule has 0 radical (unpaired) electrons. The summed E-state index contributed by atoms with van der Waals surface area (Å²) >= 11 is 0. The van der Waals surface area contributed by atoms with E-state index in [0.29, 0.717) is 11.8 Å². The van der Waals surface area contributed by atoms with Gasteiger partial charge in [-0.25, -0.2) is 8.42 Å². The second kappa shape index (κ2) is 6.57. The molecule has 0 aromatic heterocycles. The monoisotopic (exact) mass is 248 g/mol. The molecule has 0 aliphatic carbocycles. The zero-order valence-corrected chi connectivity index (χ0v) is 11.2. The van der Waals surface area contributed by atoms with Crippen molar-refractivity contribution in [1.82, 2.24) is 10.2 Å². The van der Waals surface area contributed by atoms with Crippen LogP contribution in [0.3, 0.4) is 0 Å². The largest absolute Gasteiger partial charge is 0.313 e. The molecule has 0 aromatic carbocycles. The summed E-state index contributed by atoms with van der Waals surface area (Å²) in [4.78, 5) is 2.37. The van der Waals surface area contributed by atoms with E-state index in [9.17, 15) is 8.42 Å². The van der Waals surface area contributed by atoms with Crippen molar-refractivity contribution in [3.63, 3.8) is 0 Å². The highest BCUT2D eigenvalue weighted by Crippen LogP contribution is 2.05. The molecule has 16 heavy (non-hydrogen) atoms. The zero-order chi connectivity index (χ0) is 12.0. The van der Waals surface area contributed by atoms with Crippen molar-refractivity contribution in [3.05, 3.63) is 0 Å². The van der Waals surface area contributed by atoms with E-state index in [4.69, 9.17) is 0 Å². The van der Waals surface area contributed by atoms with E-state index in [1.165, 1.54) is 19.1 Å². The summed E-state index contributed by atoms with van der Waals surface area (Å²) in [5.41, 5.74) is 0. The average Bonchev–Trinajstić information content (AvgIpc) is 2.41. The lowest BCUT2D eigenvalue weighted by Crippen LogP contribution is -2.31. The van der Waals surface area contributed by atoms with Crippen LogP contribution in [0.2, 0.25) is 0 Å². The minimum atomic E-state index is -2.79. The van der Waals surface area contributed by atoms with Gasteiger partial charge in [0.2, 0.25) is 0 Å². The summed E-state index contributed by atoms with van der Waals surface area (Å²) < 4.78 is 22.0. The van der Waals surface area contributed by atoms with E-state index >= 15 is 0 Å². The van der Waals surface area contributed by atoms with E-state index in [1.54, 1.807) is 0 Å². The number of hydrogen-bond donors (Lipinski definition) is 1. The van der Waals surface area contributed by atoms with Crippen LogP contribution in [0.15, 0.2) is 0 Å². The van der Waals surface area contributed by atoms with Crippen LogP contribution >= 0.6 is 0 Å². The Morgan fingerprint density at radius 3 is 2.75 bits per heavy atom. The molecule has 5 heteroatoms. The SMILES string of the molecule is CCC1CCN(CCCS(C)(=O)=O)CCN1. The van der Waals surface area contributed by atoms with Crippen molar-refractivity contribution in [3.8, 4) is 0 Å². The first-order valence-corrected chi connectivity index (χ1v) is 8.21. The zero-order valence-electron chi connectivity index (χ0n) is 10.4. The van der Waals surface area contributed by atoms with Gasteiger partial charge in [-0.15, -0.1) is 0 Å². The van der Waals surface area contributed by atoms with Gasteiger partial charge in [-0.1, -0.05) is 6.92 Å². The molecule has 0 spiro atoms. The summed E-state index contributed by atoms with van der Waals surface area (Å²) in [5.74, 6) is 0.314. The molecule has 0 aromatic rings. The number of nitrogens with one attached hydrogen (secondary N) is 1. The van der Waals surface area contributed by atoms with Gasteiger partial charge >= 0.3 is 0 Å². The fraction of sp³-hybridized carbons (Fsp3) is 1.00. The van der Waals surface area contributed by atoms with E-state index < -0.39 is 9.84 Å². The third-order valence-electron chi connectivity index (χ3n) is 3.14. The molecule has 1 atom stereocenters. The molecule has 96 valence electrons. The van der Waals surface area contributed by atoms with E-state index in [-0.39, 0.29) is 0 Å². The Morgan fingerprint density at radius 2 is 2.12 bits per heavy atom. The lowest BCUT2D eigenvalue weighted by atomic mass is 10.1. The van der Waals surface area contributed by atoms with Crippen LogP contribution in [-0.4, -0.2) is 57.5 Å². The molecule has 0 bridgehead atoms. The maximum absolute atomic E-state index is 11.0. The lowest BCUT2D eigenvalue weighted by molar-refractivity contribution is 0.291. The standard InChI is InChI=1S/C11H24N2O2S/c1-3-11-5-8-13(9-6-12-11)7-4-10-16(2,14)15/h11-12H,3-10H2,1-2H3. The predicted molar refractivity (Wildman–Crippen MR) is 67.5 cm³/mol. The van der Waals surface area contributed by atoms with Gasteiger partial charge < -0.3 is 10.2 Å². The molecule has 0 saturated carbocycles. The van der Waals surface area contributed by atoms with Crippen LogP contribution in [0.25, 0.3) is 0 Å². The highest BCUT2D eigenvalue weighted by molar-refractivity contribution is 7.90. The van der Waals surface area contributed by atoms with Crippen LogP contribution in [0.4, 0.5) is 0 Å². The molecule has 1 fully saturated rings. The summed E-state index contributed by atoms with van der Waals surface area (Å²) in [6.45, 7) is 6.27. The molecule has 1 aliphatic rings. The lowest BCUT2D eigenvalue weighted by Gasteiger charge is -2.19. The van der Waals surface area contributed by atoms with Crippen molar-refractivity contribution < 1.29 is 8.42 Å². The molecular weight excluding hydrogens is 224 g/mol. The van der Waals surface area contributed by atoms with Crippen molar-refractivity contribution in [1.29, 1.82) is 0 Å². The number of rotatable bonds is 5. The Bertz CT molecular complexity index is 290. The number of nitrogens with zero attached hydrogens (tertiary/aromatic N) is 1. The molecule has 0 amide bonds. The molecule has 1 heterocycles. The molecule has 1 aliphatic heterocycles. The van der Waals surface area contributed by atoms with Crippen LogP contribution in [-0.2, 0) is 9.84 Å². The molecule has 1 N–H and O–H groups in total. The molecule has 4 nitrogen and oxygen atoms in total. The summed E-state index contributed by atoms with van der Waals surface area (Å²) in [6.07, 6.45) is 4.42. The van der Waals surface area contributed by atoms with Gasteiger partial charge in [0.1, 0.15) is 9.84 Å². The van der Waals surface area contributed by atoms with Gasteiger partial charge in [-0.3, -0.25) is 0 Å². The van der Waals surface area contributed by atoms with Gasteiger partial charge in [0.25, 0.3) is 0 Å². The van der Waals surface area contributed by atoms with Gasteiger partial charge in [0, 0.05) is 25.4 Å². The topological polar surface area (TPSA) is 49.4 Å². The highest BCUT2D eigenvalue weighted by Gasteiger charge is 2.14. The minimum Gasteiger partial charge on any atom is -0.313 e. The highest BCUT2D eigenvalue weighted by atomic mass is 32.2. The van der Waals surface area contributed by atoms with Gasteiger partial charge in [0.05, 0.1) is 5.75 Å². The first kappa shape index (κ1) is 13.9. The number of hydrogen-bond acceptors (Lipinski definition) is 4. The third-order valence-corrected chi connectivity index (χ3v) is 4.17. The second-order valence-corrected chi connectivity index (χ2v) is 6.93.